The number of halogens is 6. The highest BCUT2D eigenvalue weighted by molar-refractivity contribution is 6.36. The molecule has 5 heterocycles. The maximum Gasteiger partial charge on any atom is 0.417 e. The molecule has 0 amide bonds. The lowest BCUT2D eigenvalue weighted by molar-refractivity contribution is -0.138. The fraction of sp³-hybridized carbons (Fsp3) is 0.346. The van der Waals surface area contributed by atoms with Crippen LogP contribution in [-0.2, 0) is 20.3 Å². The summed E-state index contributed by atoms with van der Waals surface area (Å²) in [4.78, 5) is 26.9. The van der Waals surface area contributed by atoms with Gasteiger partial charge in [-0.05, 0) is 6.07 Å². The van der Waals surface area contributed by atoms with Crippen molar-refractivity contribution in [3.8, 4) is 5.75 Å². The molecule has 0 unspecified atom stereocenters. The molecule has 3 aromatic heterocycles. The van der Waals surface area contributed by atoms with Gasteiger partial charge in [0.25, 0.3) is 11.5 Å². The number of rotatable bonds is 9. The minimum atomic E-state index is -4.67. The Kier molecular flexibility index (Phi) is 8.35. The number of imidazole rings is 1. The lowest BCUT2D eigenvalue weighted by Crippen LogP contribution is -2.33. The first-order chi connectivity index (χ1) is 20.8. The molecular formula is C26H26ClF5N10O2. The number of ether oxygens (including phenoxy) is 1. The average molecular weight is 641 g/mol. The van der Waals surface area contributed by atoms with Crippen LogP contribution in [-0.4, -0.2) is 68.5 Å². The van der Waals surface area contributed by atoms with Crippen LogP contribution in [0.3, 0.4) is 0 Å². The highest BCUT2D eigenvalue weighted by atomic mass is 35.5. The van der Waals surface area contributed by atoms with Gasteiger partial charge in [-0.15, -0.1) is 0 Å². The van der Waals surface area contributed by atoms with Gasteiger partial charge in [0.05, 0.1) is 30.7 Å². The Morgan fingerprint density at radius 2 is 2.09 bits per heavy atom. The second-order valence-electron chi connectivity index (χ2n) is 10.0. The topological polar surface area (TPSA) is 137 Å². The molecule has 12 nitrogen and oxygen atoms in total. The van der Waals surface area contributed by atoms with Gasteiger partial charge < -0.3 is 35.2 Å². The molecular weight excluding hydrogens is 615 g/mol. The zero-order chi connectivity index (χ0) is 31.8. The molecule has 4 N–H and O–H groups in total. The Bertz CT molecular complexity index is 1760. The first-order valence-electron chi connectivity index (χ1n) is 13.1. The van der Waals surface area contributed by atoms with Crippen LogP contribution in [0.25, 0.3) is 11.2 Å². The number of alkyl halides is 5. The lowest BCUT2D eigenvalue weighted by Gasteiger charge is -2.18. The zero-order valence-corrected chi connectivity index (χ0v) is 24.0. The normalized spacial score (nSPS) is 17.8. The second-order valence-corrected chi connectivity index (χ2v) is 10.4. The predicted octanol–water partition coefficient (Wildman–Crippen LogP) is 3.73. The fourth-order valence-corrected chi connectivity index (χ4v) is 4.88. The van der Waals surface area contributed by atoms with Gasteiger partial charge in [0.2, 0.25) is 5.95 Å². The first-order valence-corrected chi connectivity index (χ1v) is 13.5. The molecule has 0 aromatic carbocycles. The van der Waals surface area contributed by atoms with Crippen molar-refractivity contribution in [2.75, 3.05) is 31.5 Å². The fourth-order valence-electron chi connectivity index (χ4n) is 4.58. The smallest absolute Gasteiger partial charge is 0.417 e. The maximum absolute atomic E-state index is 13.4. The van der Waals surface area contributed by atoms with E-state index in [-0.39, 0.29) is 52.3 Å². The molecule has 2 aliphatic rings. The summed E-state index contributed by atoms with van der Waals surface area (Å²) in [7, 11) is 2.72. The summed E-state index contributed by atoms with van der Waals surface area (Å²) < 4.78 is 74.7. The number of aromatic nitrogens is 4. The van der Waals surface area contributed by atoms with Crippen molar-refractivity contribution in [1.82, 2.24) is 34.6 Å². The molecule has 0 saturated carbocycles. The van der Waals surface area contributed by atoms with Crippen molar-refractivity contribution >= 4 is 46.8 Å². The molecule has 0 radical (unpaired) electrons. The third-order valence-corrected chi connectivity index (χ3v) is 7.22. The number of allylic oxidation sites excluding steroid dienone is 2. The van der Waals surface area contributed by atoms with E-state index in [0.29, 0.717) is 43.4 Å². The molecule has 44 heavy (non-hydrogen) atoms. The van der Waals surface area contributed by atoms with Crippen molar-refractivity contribution in [1.29, 1.82) is 5.41 Å². The number of aliphatic imine (C=N–C) groups is 1. The van der Waals surface area contributed by atoms with Gasteiger partial charge in [0.15, 0.2) is 17.2 Å². The van der Waals surface area contributed by atoms with E-state index in [9.17, 15) is 26.7 Å². The summed E-state index contributed by atoms with van der Waals surface area (Å²) in [6, 6.07) is 0.691. The van der Waals surface area contributed by atoms with E-state index in [1.807, 2.05) is 0 Å². The second kappa shape index (κ2) is 11.9. The van der Waals surface area contributed by atoms with E-state index in [2.05, 4.69) is 30.9 Å². The highest BCUT2D eigenvalue weighted by Crippen LogP contribution is 2.35. The SMILES string of the molecule is Cn1cc(C(F)(F)F)cc(Nc2nc3ncc(O/C(C=N)=C4\C=NC(NCCN5CCC(F)(F)C5)=CN4)c(Cl)c3n2C)c1=O. The van der Waals surface area contributed by atoms with E-state index >= 15 is 0 Å². The van der Waals surface area contributed by atoms with Gasteiger partial charge in [-0.1, -0.05) is 11.6 Å². The lowest BCUT2D eigenvalue weighted by atomic mass is 10.2. The van der Waals surface area contributed by atoms with Crippen LogP contribution < -0.4 is 26.2 Å². The molecule has 18 heteroatoms. The van der Waals surface area contributed by atoms with E-state index in [4.69, 9.17) is 21.7 Å². The Hall–Kier alpha value is -4.51. The standard InChI is InChI=1S/C26H26ClF5N10O2/c1-40-12-14(26(30,31)32)7-15(23(40)43)38-24-39-22-21(41(24)2)20(27)18(10-37-22)44-17(8-33)16-9-36-19(11-35-16)34-4-6-42-5-3-25(28,29)13-42/h7-12,33-35H,3-6,13H2,1-2H3,(H,37,38,39)/b17-16+,33-8?. The average Bonchev–Trinajstić information content (AvgIpc) is 3.48. The Labute approximate surface area is 251 Å². The van der Waals surface area contributed by atoms with Crippen LogP contribution in [0.1, 0.15) is 12.0 Å². The van der Waals surface area contributed by atoms with Gasteiger partial charge in [0, 0.05) is 52.5 Å². The molecule has 0 aliphatic carbocycles. The first kappa shape index (κ1) is 30.9. The number of likely N-dealkylation sites (tertiary alicyclic amines) is 1. The summed E-state index contributed by atoms with van der Waals surface area (Å²) in [6.45, 7) is 0.893. The van der Waals surface area contributed by atoms with E-state index < -0.39 is 23.2 Å². The number of hydrogen-bond donors (Lipinski definition) is 4. The van der Waals surface area contributed by atoms with E-state index in [1.54, 1.807) is 4.90 Å². The summed E-state index contributed by atoms with van der Waals surface area (Å²) in [6.07, 6.45) is 1.000. The van der Waals surface area contributed by atoms with Gasteiger partial charge in [-0.25, -0.2) is 18.8 Å². The summed E-state index contributed by atoms with van der Waals surface area (Å²) in [5.74, 6) is -2.13. The Morgan fingerprint density at radius 3 is 2.73 bits per heavy atom. The summed E-state index contributed by atoms with van der Waals surface area (Å²) in [5, 5.41) is 16.5. The third-order valence-electron chi connectivity index (χ3n) is 6.86. The van der Waals surface area contributed by atoms with Crippen LogP contribution in [0.2, 0.25) is 5.02 Å². The molecule has 234 valence electrons. The van der Waals surface area contributed by atoms with Gasteiger partial charge >= 0.3 is 6.18 Å². The van der Waals surface area contributed by atoms with Crippen molar-refractivity contribution in [2.24, 2.45) is 19.1 Å². The number of nitrogens with one attached hydrogen (secondary N) is 4. The molecule has 0 bridgehead atoms. The molecule has 1 saturated heterocycles. The molecule has 0 spiro atoms. The van der Waals surface area contributed by atoms with Crippen molar-refractivity contribution in [2.45, 2.75) is 18.5 Å². The van der Waals surface area contributed by atoms with Crippen molar-refractivity contribution < 1.29 is 26.7 Å². The number of hydrogen-bond acceptors (Lipinski definition) is 10. The molecule has 5 rings (SSSR count). The molecule has 0 atom stereocenters. The zero-order valence-electron chi connectivity index (χ0n) is 23.3. The molecule has 1 fully saturated rings. The third kappa shape index (κ3) is 6.52. The molecule has 3 aromatic rings. The van der Waals surface area contributed by atoms with Crippen LogP contribution in [0, 0.1) is 5.41 Å². The molecule has 2 aliphatic heterocycles. The van der Waals surface area contributed by atoms with Crippen LogP contribution in [0.15, 0.2) is 51.7 Å². The van der Waals surface area contributed by atoms with Gasteiger partial charge in [-0.2, -0.15) is 18.2 Å². The number of anilines is 2. The predicted molar refractivity (Wildman–Crippen MR) is 154 cm³/mol. The minimum Gasteiger partial charge on any atom is -0.450 e. The highest BCUT2D eigenvalue weighted by Gasteiger charge is 2.37. The van der Waals surface area contributed by atoms with Crippen LogP contribution >= 0.6 is 11.6 Å². The van der Waals surface area contributed by atoms with Crippen molar-refractivity contribution in [3.05, 3.63) is 62.9 Å². The maximum atomic E-state index is 13.4. The minimum absolute atomic E-state index is 0.00158. The number of nitrogens with zero attached hydrogens (tertiary/aromatic N) is 6. The Balaban J connectivity index is 1.30. The summed E-state index contributed by atoms with van der Waals surface area (Å²) >= 11 is 6.60. The van der Waals surface area contributed by atoms with Crippen LogP contribution in [0.4, 0.5) is 33.6 Å². The van der Waals surface area contributed by atoms with E-state index in [1.165, 1.54) is 37.3 Å². The Morgan fingerprint density at radius 1 is 1.32 bits per heavy atom. The largest absolute Gasteiger partial charge is 0.450 e. The number of aryl methyl sites for hydroxylation is 2. The van der Waals surface area contributed by atoms with Crippen LogP contribution in [0.5, 0.6) is 5.75 Å². The number of fused-ring (bicyclic) bond motifs is 1. The van der Waals surface area contributed by atoms with Gasteiger partial charge in [0.1, 0.15) is 27.7 Å². The monoisotopic (exact) mass is 640 g/mol. The number of pyridine rings is 2. The summed E-state index contributed by atoms with van der Waals surface area (Å²) in [5.41, 5.74) is -1.40. The van der Waals surface area contributed by atoms with Gasteiger partial charge in [-0.3, -0.25) is 9.69 Å². The van der Waals surface area contributed by atoms with E-state index in [0.717, 1.165) is 10.8 Å². The quantitative estimate of drug-likeness (QED) is 0.158. The van der Waals surface area contributed by atoms with Crippen molar-refractivity contribution in [3.63, 3.8) is 0 Å².